The molecule has 1 fully saturated rings. The standard InChI is InChI=1S/C26H38FN9/c1-18(2)24(28-4)19(3)13-21(15-32-29-5)25-22(27)16-31-26(34-25)33-23-8-7-20(14-30-23)17-36-11-9-35(6)10-12-36/h7-8,13-16,18,29,32H,9-12,17H2,1-6H3,(H,30,31,33,34). The molecule has 0 atom stereocenters. The SMILES string of the molecule is CN=C(C(C)=CC(=CNNC)c1nc(Nc2ccc(CN3CCN(C)CC3)cn2)ncc1F)C(C)C. The molecule has 0 aromatic carbocycles. The van der Waals surface area contributed by atoms with Gasteiger partial charge >= 0.3 is 0 Å². The van der Waals surface area contributed by atoms with Crippen LogP contribution in [-0.2, 0) is 6.54 Å². The molecular weight excluding hydrogens is 457 g/mol. The Morgan fingerprint density at radius 1 is 1.17 bits per heavy atom. The van der Waals surface area contributed by atoms with E-state index in [1.54, 1.807) is 20.3 Å². The number of hydrogen-bond acceptors (Lipinski definition) is 9. The molecule has 194 valence electrons. The third kappa shape index (κ3) is 7.64. The Bertz CT molecular complexity index is 1090. The summed E-state index contributed by atoms with van der Waals surface area (Å²) in [5, 5.41) is 3.10. The van der Waals surface area contributed by atoms with Crippen molar-refractivity contribution in [1.82, 2.24) is 35.6 Å². The van der Waals surface area contributed by atoms with Crippen LogP contribution in [0.15, 0.2) is 47.4 Å². The fourth-order valence-corrected chi connectivity index (χ4v) is 4.13. The number of allylic oxidation sites excluding steroid dienone is 3. The van der Waals surface area contributed by atoms with E-state index in [-0.39, 0.29) is 17.6 Å². The first-order valence-corrected chi connectivity index (χ1v) is 12.2. The zero-order valence-corrected chi connectivity index (χ0v) is 22.1. The lowest BCUT2D eigenvalue weighted by molar-refractivity contribution is 0.148. The molecule has 0 radical (unpaired) electrons. The summed E-state index contributed by atoms with van der Waals surface area (Å²) in [7, 11) is 5.65. The number of nitrogens with one attached hydrogen (secondary N) is 3. The normalized spacial score (nSPS) is 16.5. The van der Waals surface area contributed by atoms with E-state index in [9.17, 15) is 4.39 Å². The highest BCUT2D eigenvalue weighted by atomic mass is 19.1. The van der Waals surface area contributed by atoms with Crippen LogP contribution in [0.1, 0.15) is 32.0 Å². The zero-order chi connectivity index (χ0) is 26.1. The number of anilines is 2. The number of halogens is 1. The van der Waals surface area contributed by atoms with E-state index in [1.165, 1.54) is 6.20 Å². The number of rotatable bonds is 10. The van der Waals surface area contributed by atoms with Gasteiger partial charge in [-0.25, -0.2) is 24.8 Å². The van der Waals surface area contributed by atoms with Gasteiger partial charge in [-0.15, -0.1) is 0 Å². The molecule has 1 aliphatic heterocycles. The van der Waals surface area contributed by atoms with Crippen LogP contribution in [0.5, 0.6) is 0 Å². The topological polar surface area (TPSA) is 93.6 Å². The van der Waals surface area contributed by atoms with Gasteiger partial charge in [0.05, 0.1) is 6.20 Å². The third-order valence-corrected chi connectivity index (χ3v) is 6.02. The molecule has 3 rings (SSSR count). The fraction of sp³-hybridized carbons (Fsp3) is 0.462. The van der Waals surface area contributed by atoms with Crippen molar-refractivity contribution in [3.63, 3.8) is 0 Å². The second kappa shape index (κ2) is 13.2. The summed E-state index contributed by atoms with van der Waals surface area (Å²) >= 11 is 0. The minimum Gasteiger partial charge on any atom is -0.328 e. The number of piperazine rings is 1. The van der Waals surface area contributed by atoms with E-state index in [4.69, 9.17) is 0 Å². The second-order valence-electron chi connectivity index (χ2n) is 9.23. The van der Waals surface area contributed by atoms with Crippen molar-refractivity contribution in [2.24, 2.45) is 10.9 Å². The summed E-state index contributed by atoms with van der Waals surface area (Å²) in [5.41, 5.74) is 9.50. The molecular formula is C26H38FN9. The van der Waals surface area contributed by atoms with Crippen molar-refractivity contribution in [3.8, 4) is 0 Å². The molecule has 3 N–H and O–H groups in total. The Hall–Kier alpha value is -3.21. The first kappa shape index (κ1) is 27.4. The smallest absolute Gasteiger partial charge is 0.229 e. The van der Waals surface area contributed by atoms with Crippen LogP contribution in [-0.4, -0.2) is 77.8 Å². The van der Waals surface area contributed by atoms with Gasteiger partial charge in [-0.1, -0.05) is 19.9 Å². The van der Waals surface area contributed by atoms with E-state index in [0.717, 1.165) is 49.6 Å². The highest BCUT2D eigenvalue weighted by Gasteiger charge is 2.16. The summed E-state index contributed by atoms with van der Waals surface area (Å²) in [6, 6.07) is 3.94. The minimum absolute atomic E-state index is 0.167. The van der Waals surface area contributed by atoms with Gasteiger partial charge in [0.15, 0.2) is 5.82 Å². The summed E-state index contributed by atoms with van der Waals surface area (Å²) in [4.78, 5) is 22.2. The van der Waals surface area contributed by atoms with Gasteiger partial charge in [0, 0.05) is 70.5 Å². The van der Waals surface area contributed by atoms with Crippen molar-refractivity contribution >= 4 is 23.1 Å². The maximum atomic E-state index is 14.9. The molecule has 10 heteroatoms. The van der Waals surface area contributed by atoms with Crippen molar-refractivity contribution in [1.29, 1.82) is 0 Å². The summed E-state index contributed by atoms with van der Waals surface area (Å²) < 4.78 is 14.9. The number of pyridine rings is 1. The monoisotopic (exact) mass is 495 g/mol. The number of likely N-dealkylation sites (N-methyl/N-ethyl adjacent to an activating group) is 1. The first-order chi connectivity index (χ1) is 17.3. The van der Waals surface area contributed by atoms with Gasteiger partial charge in [-0.3, -0.25) is 9.89 Å². The molecule has 0 bridgehead atoms. The van der Waals surface area contributed by atoms with Gasteiger partial charge in [0.1, 0.15) is 11.5 Å². The Morgan fingerprint density at radius 3 is 2.53 bits per heavy atom. The van der Waals surface area contributed by atoms with Crippen LogP contribution < -0.4 is 16.2 Å². The molecule has 9 nitrogen and oxygen atoms in total. The lowest BCUT2D eigenvalue weighted by Gasteiger charge is -2.32. The molecule has 1 aliphatic rings. The Morgan fingerprint density at radius 2 is 1.92 bits per heavy atom. The van der Waals surface area contributed by atoms with Crippen molar-refractivity contribution < 1.29 is 4.39 Å². The predicted molar refractivity (Wildman–Crippen MR) is 144 cm³/mol. The highest BCUT2D eigenvalue weighted by Crippen LogP contribution is 2.22. The number of aliphatic imine (C=N–C) groups is 1. The molecule has 2 aromatic heterocycles. The van der Waals surface area contributed by atoms with E-state index >= 15 is 0 Å². The predicted octanol–water partition coefficient (Wildman–Crippen LogP) is 3.24. The number of hydrogen-bond donors (Lipinski definition) is 3. The average Bonchev–Trinajstić information content (AvgIpc) is 2.86. The van der Waals surface area contributed by atoms with E-state index in [0.29, 0.717) is 11.4 Å². The van der Waals surface area contributed by atoms with Gasteiger partial charge in [-0.05, 0) is 43.2 Å². The molecule has 0 aliphatic carbocycles. The van der Waals surface area contributed by atoms with Gasteiger partial charge in [-0.2, -0.15) is 0 Å². The van der Waals surface area contributed by atoms with Crippen molar-refractivity contribution in [3.05, 3.63) is 59.5 Å². The first-order valence-electron chi connectivity index (χ1n) is 12.2. The van der Waals surface area contributed by atoms with E-state index < -0.39 is 5.82 Å². The largest absolute Gasteiger partial charge is 0.328 e. The zero-order valence-electron chi connectivity index (χ0n) is 22.1. The maximum Gasteiger partial charge on any atom is 0.229 e. The molecule has 1 saturated heterocycles. The third-order valence-electron chi connectivity index (χ3n) is 6.02. The van der Waals surface area contributed by atoms with Gasteiger partial charge < -0.3 is 15.6 Å². The number of aromatic nitrogens is 3. The van der Waals surface area contributed by atoms with Gasteiger partial charge in [0.25, 0.3) is 0 Å². The van der Waals surface area contributed by atoms with Crippen LogP contribution in [0, 0.1) is 11.7 Å². The van der Waals surface area contributed by atoms with Crippen LogP contribution in [0.25, 0.3) is 5.57 Å². The van der Waals surface area contributed by atoms with E-state index in [1.807, 2.05) is 31.3 Å². The summed E-state index contributed by atoms with van der Waals surface area (Å²) in [6.45, 7) is 11.2. The summed E-state index contributed by atoms with van der Waals surface area (Å²) in [5.74, 6) is 0.576. The maximum absolute atomic E-state index is 14.9. The quantitative estimate of drug-likeness (QED) is 0.263. The number of nitrogens with zero attached hydrogens (tertiary/aromatic N) is 6. The van der Waals surface area contributed by atoms with Crippen LogP contribution in [0.3, 0.4) is 0 Å². The molecule has 0 spiro atoms. The van der Waals surface area contributed by atoms with Crippen LogP contribution >= 0.6 is 0 Å². The molecule has 0 saturated carbocycles. The Balaban J connectivity index is 1.78. The molecule has 2 aromatic rings. The highest BCUT2D eigenvalue weighted by molar-refractivity contribution is 6.02. The van der Waals surface area contributed by atoms with E-state index in [2.05, 4.69) is 66.8 Å². The Kier molecular flexibility index (Phi) is 10.0. The molecule has 0 unspecified atom stereocenters. The van der Waals surface area contributed by atoms with Crippen LogP contribution in [0.4, 0.5) is 16.2 Å². The minimum atomic E-state index is -0.524. The lowest BCUT2D eigenvalue weighted by atomic mass is 9.98. The second-order valence-corrected chi connectivity index (χ2v) is 9.23. The number of hydrazine groups is 1. The molecule has 36 heavy (non-hydrogen) atoms. The molecule has 3 heterocycles. The van der Waals surface area contributed by atoms with Crippen molar-refractivity contribution in [2.75, 3.05) is 52.6 Å². The van der Waals surface area contributed by atoms with Crippen LogP contribution in [0.2, 0.25) is 0 Å². The van der Waals surface area contributed by atoms with Crippen molar-refractivity contribution in [2.45, 2.75) is 27.3 Å². The van der Waals surface area contributed by atoms with Gasteiger partial charge in [0.2, 0.25) is 5.95 Å². The summed E-state index contributed by atoms with van der Waals surface area (Å²) in [6.07, 6.45) is 6.56. The average molecular weight is 496 g/mol. The molecule has 0 amide bonds. The fourth-order valence-electron chi connectivity index (χ4n) is 4.13. The Labute approximate surface area is 213 Å². The lowest BCUT2D eigenvalue weighted by Crippen LogP contribution is -2.43.